The van der Waals surface area contributed by atoms with Crippen molar-refractivity contribution in [2.24, 2.45) is 0 Å². The zero-order valence-electron chi connectivity index (χ0n) is 6.75. The summed E-state index contributed by atoms with van der Waals surface area (Å²) in [6.07, 6.45) is -7.57. The molecule has 0 aliphatic rings. The number of aromatic nitrogens is 1. The molecule has 3 nitrogen and oxygen atoms in total. The van der Waals surface area contributed by atoms with Gasteiger partial charge >= 0.3 is 12.5 Å². The average molecular weight is 210 g/mol. The lowest BCUT2D eigenvalue weighted by Gasteiger charge is -2.16. The minimum absolute atomic E-state index is 0.0812. The van der Waals surface area contributed by atoms with E-state index in [0.29, 0.717) is 0 Å². The van der Waals surface area contributed by atoms with Gasteiger partial charge in [-0.25, -0.2) is 4.98 Å². The van der Waals surface area contributed by atoms with Crippen LogP contribution in [0.5, 0.6) is 5.75 Å². The Labute approximate surface area is 76.5 Å². The highest BCUT2D eigenvalue weighted by molar-refractivity contribution is 5.32. The molecule has 0 spiro atoms. The Morgan fingerprint density at radius 1 is 1.36 bits per heavy atom. The number of pyridine rings is 1. The molecule has 0 aliphatic carbocycles. The molecule has 0 atom stereocenters. The summed E-state index contributed by atoms with van der Waals surface area (Å²) in [7, 11) is 0. The van der Waals surface area contributed by atoms with Crippen LogP contribution in [0.15, 0.2) is 18.3 Å². The molecule has 0 radical (unpaired) electrons. The molecule has 2 N–H and O–H groups in total. The maximum Gasteiger partial charge on any atom is 0.461 e. The van der Waals surface area contributed by atoms with Gasteiger partial charge in [0.05, 0.1) is 6.20 Å². The highest BCUT2D eigenvalue weighted by Crippen LogP contribution is 2.26. The van der Waals surface area contributed by atoms with Gasteiger partial charge in [0.25, 0.3) is 0 Å². The lowest BCUT2D eigenvalue weighted by molar-refractivity contribution is -0.253. The third-order valence-corrected chi connectivity index (χ3v) is 1.27. The predicted octanol–water partition coefficient (Wildman–Crippen LogP) is 1.90. The normalized spacial score (nSPS) is 11.8. The van der Waals surface area contributed by atoms with Crippen LogP contribution < -0.4 is 10.5 Å². The molecule has 0 fully saturated rings. The number of hydrogen-bond donors (Lipinski definition) is 1. The van der Waals surface area contributed by atoms with Gasteiger partial charge in [-0.15, -0.1) is 0 Å². The summed E-state index contributed by atoms with van der Waals surface area (Å²) in [6, 6.07) is 2.19. The van der Waals surface area contributed by atoms with Crippen LogP contribution in [-0.4, -0.2) is 17.5 Å². The number of halogens is 4. The Kier molecular flexibility index (Phi) is 2.78. The first-order valence-electron chi connectivity index (χ1n) is 3.48. The number of nitrogen functional groups attached to an aromatic ring is 1. The monoisotopic (exact) mass is 210 g/mol. The second-order valence-corrected chi connectivity index (χ2v) is 2.38. The summed E-state index contributed by atoms with van der Waals surface area (Å²) >= 11 is 0. The second-order valence-electron chi connectivity index (χ2n) is 2.38. The molecule has 1 aromatic rings. The van der Waals surface area contributed by atoms with Crippen molar-refractivity contribution < 1.29 is 22.3 Å². The summed E-state index contributed by atoms with van der Waals surface area (Å²) in [6.45, 7) is 0. The van der Waals surface area contributed by atoms with E-state index in [1.807, 2.05) is 0 Å². The van der Waals surface area contributed by atoms with Gasteiger partial charge in [0, 0.05) is 0 Å². The molecule has 1 heterocycles. The van der Waals surface area contributed by atoms with Crippen molar-refractivity contribution in [3.63, 3.8) is 0 Å². The minimum atomic E-state index is -4.52. The Morgan fingerprint density at radius 2 is 2.00 bits per heavy atom. The van der Waals surface area contributed by atoms with E-state index in [0.717, 1.165) is 18.3 Å². The van der Waals surface area contributed by atoms with Crippen LogP contribution in [0.25, 0.3) is 0 Å². The lowest BCUT2D eigenvalue weighted by atomic mass is 10.4. The smallest absolute Gasteiger partial charge is 0.427 e. The van der Waals surface area contributed by atoms with Crippen molar-refractivity contribution in [1.29, 1.82) is 0 Å². The Bertz CT molecular complexity index is 301. The number of ether oxygens (including phenoxy) is 1. The SMILES string of the molecule is Nc1ccc(OC(F)(F)C(F)F)cn1. The molecular weight excluding hydrogens is 204 g/mol. The molecule has 78 valence electrons. The standard InChI is InChI=1S/C7H6F4N2O/c8-6(9)7(10,11)14-4-1-2-5(12)13-3-4/h1-3,6H,(H2,12,13). The van der Waals surface area contributed by atoms with Crippen LogP contribution in [0.1, 0.15) is 0 Å². The lowest BCUT2D eigenvalue weighted by Crippen LogP contribution is -2.33. The molecule has 0 saturated heterocycles. The van der Waals surface area contributed by atoms with Crippen molar-refractivity contribution in [2.45, 2.75) is 12.5 Å². The molecule has 1 aromatic heterocycles. The first-order valence-corrected chi connectivity index (χ1v) is 3.48. The van der Waals surface area contributed by atoms with Crippen molar-refractivity contribution in [2.75, 3.05) is 5.73 Å². The number of alkyl halides is 4. The molecule has 0 saturated carbocycles. The Hall–Kier alpha value is -1.53. The maximum atomic E-state index is 12.3. The Balaban J connectivity index is 2.74. The van der Waals surface area contributed by atoms with Gasteiger partial charge in [-0.2, -0.15) is 17.6 Å². The predicted molar refractivity (Wildman–Crippen MR) is 40.2 cm³/mol. The number of anilines is 1. The molecule has 0 amide bonds. The third kappa shape index (κ3) is 2.48. The summed E-state index contributed by atoms with van der Waals surface area (Å²) in [5, 5.41) is 0. The van der Waals surface area contributed by atoms with E-state index in [9.17, 15) is 17.6 Å². The van der Waals surface area contributed by atoms with Gasteiger partial charge in [0.1, 0.15) is 11.6 Å². The summed E-state index contributed by atoms with van der Waals surface area (Å²) in [4.78, 5) is 3.40. The first kappa shape index (κ1) is 10.6. The van der Waals surface area contributed by atoms with E-state index >= 15 is 0 Å². The molecule has 0 aliphatic heterocycles. The van der Waals surface area contributed by atoms with Crippen molar-refractivity contribution >= 4 is 5.82 Å². The zero-order chi connectivity index (χ0) is 10.8. The van der Waals surface area contributed by atoms with E-state index in [4.69, 9.17) is 5.73 Å². The fourth-order valence-electron chi connectivity index (χ4n) is 0.654. The molecule has 0 unspecified atom stereocenters. The van der Waals surface area contributed by atoms with E-state index in [2.05, 4.69) is 9.72 Å². The molecule has 0 bridgehead atoms. The second kappa shape index (κ2) is 3.69. The summed E-state index contributed by atoms with van der Waals surface area (Å²) < 4.78 is 51.6. The van der Waals surface area contributed by atoms with Crippen LogP contribution in [0.2, 0.25) is 0 Å². The largest absolute Gasteiger partial charge is 0.461 e. The van der Waals surface area contributed by atoms with Gasteiger partial charge in [0.2, 0.25) is 0 Å². The molecule has 14 heavy (non-hydrogen) atoms. The molecule has 7 heteroatoms. The van der Waals surface area contributed by atoms with Crippen LogP contribution >= 0.6 is 0 Å². The quantitative estimate of drug-likeness (QED) is 0.775. The molecular formula is C7H6F4N2O. The fraction of sp³-hybridized carbons (Fsp3) is 0.286. The summed E-state index contributed by atoms with van der Waals surface area (Å²) in [5.74, 6) is -0.387. The summed E-state index contributed by atoms with van der Waals surface area (Å²) in [5.41, 5.74) is 5.15. The van der Waals surface area contributed by atoms with Gasteiger partial charge in [0.15, 0.2) is 0 Å². The van der Waals surface area contributed by atoms with Gasteiger partial charge in [-0.1, -0.05) is 0 Å². The minimum Gasteiger partial charge on any atom is -0.427 e. The number of nitrogens with zero attached hydrogens (tertiary/aromatic N) is 1. The van der Waals surface area contributed by atoms with Crippen LogP contribution in [-0.2, 0) is 0 Å². The average Bonchev–Trinajstić information content (AvgIpc) is 2.08. The van der Waals surface area contributed by atoms with Crippen molar-refractivity contribution in [3.05, 3.63) is 18.3 Å². The molecule has 0 aromatic carbocycles. The maximum absolute atomic E-state index is 12.3. The fourth-order valence-corrected chi connectivity index (χ4v) is 0.654. The number of hydrogen-bond acceptors (Lipinski definition) is 3. The highest BCUT2D eigenvalue weighted by atomic mass is 19.3. The van der Waals surface area contributed by atoms with E-state index < -0.39 is 18.3 Å². The van der Waals surface area contributed by atoms with Crippen LogP contribution in [0.3, 0.4) is 0 Å². The van der Waals surface area contributed by atoms with E-state index in [1.165, 1.54) is 0 Å². The van der Waals surface area contributed by atoms with Gasteiger partial charge in [-0.05, 0) is 12.1 Å². The van der Waals surface area contributed by atoms with Gasteiger partial charge < -0.3 is 10.5 Å². The van der Waals surface area contributed by atoms with Crippen molar-refractivity contribution in [3.8, 4) is 5.75 Å². The van der Waals surface area contributed by atoms with Crippen LogP contribution in [0.4, 0.5) is 23.4 Å². The van der Waals surface area contributed by atoms with Crippen LogP contribution in [0, 0.1) is 0 Å². The van der Waals surface area contributed by atoms with Gasteiger partial charge in [-0.3, -0.25) is 0 Å². The number of nitrogens with two attached hydrogens (primary N) is 1. The molecule has 1 rings (SSSR count). The third-order valence-electron chi connectivity index (χ3n) is 1.27. The Morgan fingerprint density at radius 3 is 2.43 bits per heavy atom. The topological polar surface area (TPSA) is 48.1 Å². The van der Waals surface area contributed by atoms with E-state index in [1.54, 1.807) is 0 Å². The number of rotatable bonds is 3. The van der Waals surface area contributed by atoms with Crippen molar-refractivity contribution in [1.82, 2.24) is 4.98 Å². The first-order chi connectivity index (χ1) is 6.42. The van der Waals surface area contributed by atoms with E-state index in [-0.39, 0.29) is 5.82 Å². The highest BCUT2D eigenvalue weighted by Gasteiger charge is 2.43. The zero-order valence-corrected chi connectivity index (χ0v) is 6.75.